The van der Waals surface area contributed by atoms with Crippen LogP contribution in [0.15, 0.2) is 243 Å². The number of ether oxygens (including phenoxy) is 2. The van der Waals surface area contributed by atoms with E-state index in [0.29, 0.717) is 5.92 Å². The molecule has 388 valence electrons. The summed E-state index contributed by atoms with van der Waals surface area (Å²) in [4.78, 5) is 2.53. The van der Waals surface area contributed by atoms with E-state index in [1.807, 2.05) is 0 Å². The van der Waals surface area contributed by atoms with Crippen molar-refractivity contribution in [2.45, 2.75) is 70.1 Å². The van der Waals surface area contributed by atoms with Crippen LogP contribution >= 0.6 is 0 Å². The van der Waals surface area contributed by atoms with Gasteiger partial charge in [0.1, 0.15) is 17.0 Å². The van der Waals surface area contributed by atoms with Gasteiger partial charge in [-0.3, -0.25) is 0 Å². The number of benzene rings is 10. The molecule has 5 heteroatoms. The van der Waals surface area contributed by atoms with E-state index >= 15 is 0 Å². The third kappa shape index (κ3) is 6.89. The van der Waals surface area contributed by atoms with Gasteiger partial charge in [0, 0.05) is 44.4 Å². The number of anilines is 3. The topological polar surface area (TPSA) is 31.6 Å². The fourth-order valence-corrected chi connectivity index (χ4v) is 14.4. The second-order valence-corrected chi connectivity index (χ2v) is 22.6. The first-order valence-corrected chi connectivity index (χ1v) is 28.4. The minimum Gasteiger partial charge on any atom is -0.491 e. The van der Waals surface area contributed by atoms with Crippen LogP contribution in [-0.4, -0.2) is 21.3 Å². The Morgan fingerprint density at radius 3 is 1.48 bits per heavy atom. The maximum Gasteiger partial charge on any atom is 0.125 e. The molecule has 3 aliphatic rings. The molecule has 1 aliphatic heterocycles. The summed E-state index contributed by atoms with van der Waals surface area (Å²) in [6.45, 7) is 10.7. The Kier molecular flexibility index (Phi) is 11.0. The van der Waals surface area contributed by atoms with Crippen molar-refractivity contribution in [3.8, 4) is 28.3 Å². The Morgan fingerprint density at radius 2 is 0.912 bits per heavy atom. The van der Waals surface area contributed by atoms with Gasteiger partial charge in [0.2, 0.25) is 0 Å². The fraction of sp³-hybridized carbons (Fsp3) is 0.147. The summed E-state index contributed by atoms with van der Waals surface area (Å²) in [5.41, 5.74) is 19.9. The average Bonchev–Trinajstić information content (AvgIpc) is 2.63. The number of rotatable bonds is 10. The SMILES string of the molecule is CC(C)Oc1ccc(C2(c3ccc(OC(C)C)cc3)c3cc(N4c5ccccc5C(c5ccccc5)(n5c6ccccc6c6ccccc65)c5ccccc54)ccc3-c3ccc(-n4c5c(c6ccccc64)C(C)CC=C5)cc32)cc1. The van der Waals surface area contributed by atoms with Crippen LogP contribution in [0.2, 0.25) is 0 Å². The van der Waals surface area contributed by atoms with E-state index in [2.05, 4.69) is 297 Å². The molecular weight excluding hydrogens is 975 g/mol. The van der Waals surface area contributed by atoms with E-state index in [0.717, 1.165) is 51.8 Å². The molecule has 0 saturated carbocycles. The first-order valence-electron chi connectivity index (χ1n) is 28.4. The largest absolute Gasteiger partial charge is 0.491 e. The Labute approximate surface area is 468 Å². The summed E-state index contributed by atoms with van der Waals surface area (Å²) >= 11 is 0. The van der Waals surface area contributed by atoms with Gasteiger partial charge in [0.15, 0.2) is 0 Å². The normalized spacial score (nSPS) is 15.5. The van der Waals surface area contributed by atoms with Crippen molar-refractivity contribution < 1.29 is 9.47 Å². The summed E-state index contributed by atoms with van der Waals surface area (Å²) < 4.78 is 17.9. The number of aromatic nitrogens is 2. The lowest BCUT2D eigenvalue weighted by Crippen LogP contribution is -2.42. The highest BCUT2D eigenvalue weighted by Crippen LogP contribution is 2.61. The lowest BCUT2D eigenvalue weighted by atomic mass is 9.67. The molecule has 1 unspecified atom stereocenters. The number of hydrogen-bond donors (Lipinski definition) is 0. The molecule has 0 radical (unpaired) electrons. The molecule has 0 N–H and O–H groups in total. The average molecular weight is 1040 g/mol. The van der Waals surface area contributed by atoms with E-state index < -0.39 is 11.0 Å². The third-order valence-corrected chi connectivity index (χ3v) is 17.3. The van der Waals surface area contributed by atoms with E-state index in [-0.39, 0.29) is 12.2 Å². The summed E-state index contributed by atoms with van der Waals surface area (Å²) in [6, 6.07) is 88.6. The lowest BCUT2D eigenvalue weighted by molar-refractivity contribution is 0.242. The second kappa shape index (κ2) is 18.4. The minimum absolute atomic E-state index is 0.0336. The Balaban J connectivity index is 1.01. The van der Waals surface area contributed by atoms with Crippen LogP contribution in [0.5, 0.6) is 11.5 Å². The van der Waals surface area contributed by atoms with Crippen molar-refractivity contribution in [1.82, 2.24) is 9.13 Å². The van der Waals surface area contributed by atoms with Gasteiger partial charge in [-0.2, -0.15) is 0 Å². The zero-order valence-corrected chi connectivity index (χ0v) is 45.8. The molecule has 12 aromatic rings. The minimum atomic E-state index is -0.791. The van der Waals surface area contributed by atoms with Crippen LogP contribution in [0.25, 0.3) is 55.6 Å². The van der Waals surface area contributed by atoms with Crippen LogP contribution in [0.4, 0.5) is 17.1 Å². The quantitative estimate of drug-likeness (QED) is 0.137. The van der Waals surface area contributed by atoms with Gasteiger partial charge < -0.3 is 23.5 Å². The van der Waals surface area contributed by atoms with Crippen molar-refractivity contribution in [2.24, 2.45) is 0 Å². The van der Waals surface area contributed by atoms with Crippen molar-refractivity contribution >= 4 is 55.8 Å². The Hall–Kier alpha value is -9.32. The van der Waals surface area contributed by atoms with Gasteiger partial charge in [0.25, 0.3) is 0 Å². The molecule has 0 bridgehead atoms. The smallest absolute Gasteiger partial charge is 0.125 e. The van der Waals surface area contributed by atoms with Crippen LogP contribution in [0, 0.1) is 0 Å². The van der Waals surface area contributed by atoms with Crippen LogP contribution in [-0.2, 0) is 11.0 Å². The van der Waals surface area contributed by atoms with Crippen molar-refractivity contribution in [1.29, 1.82) is 0 Å². The van der Waals surface area contributed by atoms with Crippen LogP contribution < -0.4 is 14.4 Å². The Morgan fingerprint density at radius 1 is 0.438 bits per heavy atom. The lowest BCUT2D eigenvalue weighted by Gasteiger charge is -2.47. The van der Waals surface area contributed by atoms with Crippen molar-refractivity contribution in [3.63, 3.8) is 0 Å². The summed E-state index contributed by atoms with van der Waals surface area (Å²) in [7, 11) is 0. The van der Waals surface area contributed by atoms with Crippen LogP contribution in [0.1, 0.15) is 97.2 Å². The third-order valence-electron chi connectivity index (χ3n) is 17.3. The highest BCUT2D eigenvalue weighted by atomic mass is 16.5. The standard InChI is InChI=1S/C75H61N3O2/c1-48(2)79-56-40-34-51(35-41-56)74(52-36-42-57(43-37-52)80-49(3)4)65-46-54(76-67-28-14-11-25-62(67)73-50(5)20-19-33-72(73)76)38-44-58(65)59-45-39-55(47-66(59)74)77-70-31-17-12-26-63(70)75(53-21-7-6-8-22-53,64-27-13-18-32-71(64)77)78-68-29-15-9-23-60(68)61-24-10-16-30-69(61)78/h6-19,21-50H,20H2,1-5H3. The van der Waals surface area contributed by atoms with Gasteiger partial charge in [-0.05, 0) is 169 Å². The highest BCUT2D eigenvalue weighted by Gasteiger charge is 2.50. The van der Waals surface area contributed by atoms with Gasteiger partial charge in [-0.15, -0.1) is 0 Å². The molecule has 3 heterocycles. The number of allylic oxidation sites excluding steroid dienone is 1. The molecular formula is C75H61N3O2. The molecule has 2 aromatic heterocycles. The molecule has 0 spiro atoms. The first-order chi connectivity index (χ1) is 39.2. The molecule has 5 nitrogen and oxygen atoms in total. The molecule has 10 aromatic carbocycles. The summed E-state index contributed by atoms with van der Waals surface area (Å²) in [6.07, 6.45) is 5.79. The van der Waals surface area contributed by atoms with Crippen LogP contribution in [0.3, 0.4) is 0 Å². The molecule has 0 saturated heterocycles. The summed E-state index contributed by atoms with van der Waals surface area (Å²) in [5, 5.41) is 3.78. The monoisotopic (exact) mass is 1040 g/mol. The number of fused-ring (bicyclic) bond motifs is 11. The zero-order chi connectivity index (χ0) is 53.9. The van der Waals surface area contributed by atoms with Gasteiger partial charge in [-0.25, -0.2) is 0 Å². The van der Waals surface area contributed by atoms with E-state index in [4.69, 9.17) is 9.47 Å². The number of para-hydroxylation sites is 5. The molecule has 0 fully saturated rings. The van der Waals surface area contributed by atoms with E-state index in [9.17, 15) is 0 Å². The number of nitrogens with zero attached hydrogens (tertiary/aromatic N) is 3. The maximum atomic E-state index is 6.39. The predicted molar refractivity (Wildman–Crippen MR) is 330 cm³/mol. The van der Waals surface area contributed by atoms with Crippen molar-refractivity contribution in [2.75, 3.05) is 4.90 Å². The zero-order valence-electron chi connectivity index (χ0n) is 45.8. The fourth-order valence-electron chi connectivity index (χ4n) is 14.4. The van der Waals surface area contributed by atoms with Crippen molar-refractivity contribution in [3.05, 3.63) is 293 Å². The molecule has 80 heavy (non-hydrogen) atoms. The van der Waals surface area contributed by atoms with Gasteiger partial charge in [-0.1, -0.05) is 171 Å². The molecule has 15 rings (SSSR count). The van der Waals surface area contributed by atoms with E-state index in [1.54, 1.807) is 0 Å². The second-order valence-electron chi connectivity index (χ2n) is 22.6. The molecule has 1 atom stereocenters. The molecule has 0 amide bonds. The van der Waals surface area contributed by atoms with Gasteiger partial charge >= 0.3 is 0 Å². The predicted octanol–water partition coefficient (Wildman–Crippen LogP) is 18.8. The summed E-state index contributed by atoms with van der Waals surface area (Å²) in [5.74, 6) is 2.09. The number of hydrogen-bond acceptors (Lipinski definition) is 3. The van der Waals surface area contributed by atoms with Gasteiger partial charge in [0.05, 0.1) is 45.5 Å². The maximum absolute atomic E-state index is 6.39. The van der Waals surface area contributed by atoms with E-state index in [1.165, 1.54) is 82.9 Å². The first kappa shape index (κ1) is 47.9. The highest BCUT2D eigenvalue weighted by molar-refractivity contribution is 6.09. The molecule has 2 aliphatic carbocycles. The Bertz CT molecular complexity index is 4270.